The molecule has 0 bridgehead atoms. The van der Waals surface area contributed by atoms with Crippen LogP contribution < -0.4 is 10.1 Å². The molecular weight excluding hydrogens is 320 g/mol. The molecule has 0 saturated carbocycles. The minimum Gasteiger partial charge on any atom is -0.494 e. The summed E-state index contributed by atoms with van der Waals surface area (Å²) in [6, 6.07) is 6.02. The molecule has 130 valence electrons. The summed E-state index contributed by atoms with van der Waals surface area (Å²) in [5.41, 5.74) is 3.35. The molecular formula is C19H26N2O2S. The maximum atomic E-state index is 12.0. The number of aryl methyl sites for hydroxylation is 3. The van der Waals surface area contributed by atoms with E-state index in [-0.39, 0.29) is 5.91 Å². The average Bonchev–Trinajstić information content (AvgIpc) is 2.97. The Morgan fingerprint density at radius 1 is 1.33 bits per heavy atom. The van der Waals surface area contributed by atoms with E-state index in [2.05, 4.69) is 22.6 Å². The van der Waals surface area contributed by atoms with E-state index in [9.17, 15) is 4.79 Å². The first-order valence-corrected chi connectivity index (χ1v) is 9.36. The molecule has 1 aromatic heterocycles. The third-order valence-corrected chi connectivity index (χ3v) is 4.59. The fraction of sp³-hybridized carbons (Fsp3) is 0.474. The Bertz CT molecular complexity index is 667. The molecule has 0 unspecified atom stereocenters. The van der Waals surface area contributed by atoms with Gasteiger partial charge in [-0.15, -0.1) is 11.3 Å². The predicted octanol–water partition coefficient (Wildman–Crippen LogP) is 4.19. The maximum Gasteiger partial charge on any atom is 0.220 e. The number of nitrogens with zero attached hydrogens (tertiary/aromatic N) is 1. The first-order valence-electron chi connectivity index (χ1n) is 8.48. The number of carbonyl (C=O) groups is 1. The Morgan fingerprint density at radius 3 is 2.83 bits per heavy atom. The van der Waals surface area contributed by atoms with E-state index in [1.54, 1.807) is 11.3 Å². The summed E-state index contributed by atoms with van der Waals surface area (Å²) in [6.07, 6.45) is 3.22. The number of aromatic nitrogens is 1. The van der Waals surface area contributed by atoms with Crippen LogP contribution in [0.5, 0.6) is 5.75 Å². The van der Waals surface area contributed by atoms with E-state index in [0.29, 0.717) is 13.0 Å². The fourth-order valence-electron chi connectivity index (χ4n) is 2.41. The molecule has 2 aromatic rings. The molecule has 2 rings (SSSR count). The lowest BCUT2D eigenvalue weighted by Crippen LogP contribution is -2.23. The average molecular weight is 346 g/mol. The molecule has 0 aliphatic carbocycles. The number of ether oxygens (including phenoxy) is 1. The first-order chi connectivity index (χ1) is 11.6. The van der Waals surface area contributed by atoms with E-state index in [0.717, 1.165) is 53.4 Å². The van der Waals surface area contributed by atoms with Gasteiger partial charge in [0.25, 0.3) is 0 Å². The molecule has 4 nitrogen and oxygen atoms in total. The number of carbonyl (C=O) groups excluding carboxylic acids is 1. The van der Waals surface area contributed by atoms with Crippen LogP contribution in [0.15, 0.2) is 23.6 Å². The number of hydrogen-bond acceptors (Lipinski definition) is 4. The monoisotopic (exact) mass is 346 g/mol. The molecule has 0 fully saturated rings. The van der Waals surface area contributed by atoms with Gasteiger partial charge in [-0.3, -0.25) is 4.79 Å². The van der Waals surface area contributed by atoms with Gasteiger partial charge in [0.1, 0.15) is 5.75 Å². The summed E-state index contributed by atoms with van der Waals surface area (Å²) in [7, 11) is 0. The first kappa shape index (κ1) is 18.5. The van der Waals surface area contributed by atoms with Gasteiger partial charge < -0.3 is 10.1 Å². The van der Waals surface area contributed by atoms with Crippen LogP contribution in [0.2, 0.25) is 0 Å². The summed E-state index contributed by atoms with van der Waals surface area (Å²) >= 11 is 1.66. The van der Waals surface area contributed by atoms with Gasteiger partial charge in [0, 0.05) is 18.3 Å². The number of amides is 1. The molecule has 0 spiro atoms. The SMILES string of the molecule is CCCOc1ccc(CNC(=O)CCCc2csc(C)n2)c(C)c1. The van der Waals surface area contributed by atoms with Gasteiger partial charge in [0.05, 0.1) is 17.3 Å². The molecule has 0 atom stereocenters. The Labute approximate surface area is 148 Å². The van der Waals surface area contributed by atoms with Crippen molar-refractivity contribution in [2.24, 2.45) is 0 Å². The highest BCUT2D eigenvalue weighted by Gasteiger charge is 2.06. The highest BCUT2D eigenvalue weighted by atomic mass is 32.1. The number of benzene rings is 1. The molecule has 0 aliphatic rings. The zero-order valence-electron chi connectivity index (χ0n) is 14.7. The Hall–Kier alpha value is -1.88. The van der Waals surface area contributed by atoms with Gasteiger partial charge in [-0.05, 0) is 56.4 Å². The summed E-state index contributed by atoms with van der Waals surface area (Å²) in [5.74, 6) is 0.982. The van der Waals surface area contributed by atoms with E-state index in [4.69, 9.17) is 4.74 Å². The number of hydrogen-bond donors (Lipinski definition) is 1. The Kier molecular flexibility index (Phi) is 7.25. The zero-order chi connectivity index (χ0) is 17.4. The molecule has 1 N–H and O–H groups in total. The minimum absolute atomic E-state index is 0.0904. The van der Waals surface area contributed by atoms with Crippen LogP contribution in [0.25, 0.3) is 0 Å². The minimum atomic E-state index is 0.0904. The fourth-order valence-corrected chi connectivity index (χ4v) is 3.06. The topological polar surface area (TPSA) is 51.2 Å². The van der Waals surface area contributed by atoms with Gasteiger partial charge in [0.15, 0.2) is 0 Å². The maximum absolute atomic E-state index is 12.0. The lowest BCUT2D eigenvalue weighted by atomic mass is 10.1. The van der Waals surface area contributed by atoms with E-state index >= 15 is 0 Å². The molecule has 24 heavy (non-hydrogen) atoms. The number of thiazole rings is 1. The lowest BCUT2D eigenvalue weighted by Gasteiger charge is -2.11. The third-order valence-electron chi connectivity index (χ3n) is 3.77. The van der Waals surface area contributed by atoms with Crippen molar-refractivity contribution in [3.63, 3.8) is 0 Å². The second kappa shape index (κ2) is 9.42. The second-order valence-electron chi connectivity index (χ2n) is 5.92. The van der Waals surface area contributed by atoms with Gasteiger partial charge in [0.2, 0.25) is 5.91 Å². The molecule has 1 aromatic carbocycles. The highest BCUT2D eigenvalue weighted by molar-refractivity contribution is 7.09. The zero-order valence-corrected chi connectivity index (χ0v) is 15.5. The van der Waals surface area contributed by atoms with Crippen molar-refractivity contribution in [2.45, 2.75) is 53.0 Å². The van der Waals surface area contributed by atoms with Crippen molar-refractivity contribution in [3.8, 4) is 5.75 Å². The van der Waals surface area contributed by atoms with E-state index in [1.165, 1.54) is 0 Å². The third kappa shape index (κ3) is 5.96. The van der Waals surface area contributed by atoms with Crippen LogP contribution in [-0.4, -0.2) is 17.5 Å². The van der Waals surface area contributed by atoms with Gasteiger partial charge in [-0.1, -0.05) is 13.0 Å². The molecule has 1 heterocycles. The van der Waals surface area contributed by atoms with Crippen molar-refractivity contribution in [1.82, 2.24) is 10.3 Å². The Morgan fingerprint density at radius 2 is 2.17 bits per heavy atom. The molecule has 0 aliphatic heterocycles. The summed E-state index contributed by atoms with van der Waals surface area (Å²) in [4.78, 5) is 16.4. The van der Waals surface area contributed by atoms with Crippen molar-refractivity contribution in [3.05, 3.63) is 45.4 Å². The van der Waals surface area contributed by atoms with Crippen LogP contribution in [0.1, 0.15) is 48.0 Å². The highest BCUT2D eigenvalue weighted by Crippen LogP contribution is 2.17. The van der Waals surface area contributed by atoms with Crippen molar-refractivity contribution in [1.29, 1.82) is 0 Å². The predicted molar refractivity (Wildman–Crippen MR) is 98.6 cm³/mol. The largest absolute Gasteiger partial charge is 0.494 e. The van der Waals surface area contributed by atoms with Gasteiger partial charge in [-0.2, -0.15) is 0 Å². The summed E-state index contributed by atoms with van der Waals surface area (Å²) in [5, 5.41) is 6.14. The van der Waals surface area contributed by atoms with Gasteiger partial charge in [-0.25, -0.2) is 4.98 Å². The van der Waals surface area contributed by atoms with Crippen LogP contribution in [0.3, 0.4) is 0 Å². The van der Waals surface area contributed by atoms with Crippen molar-refractivity contribution < 1.29 is 9.53 Å². The van der Waals surface area contributed by atoms with Crippen LogP contribution in [-0.2, 0) is 17.8 Å². The molecule has 0 saturated heterocycles. The number of nitrogens with one attached hydrogen (secondary N) is 1. The summed E-state index contributed by atoms with van der Waals surface area (Å²) < 4.78 is 5.62. The van der Waals surface area contributed by atoms with E-state index < -0.39 is 0 Å². The van der Waals surface area contributed by atoms with Crippen LogP contribution >= 0.6 is 11.3 Å². The molecule has 5 heteroatoms. The van der Waals surface area contributed by atoms with Crippen molar-refractivity contribution in [2.75, 3.05) is 6.61 Å². The molecule has 1 amide bonds. The quantitative estimate of drug-likeness (QED) is 0.741. The molecule has 0 radical (unpaired) electrons. The van der Waals surface area contributed by atoms with E-state index in [1.807, 2.05) is 32.0 Å². The van der Waals surface area contributed by atoms with Gasteiger partial charge >= 0.3 is 0 Å². The van der Waals surface area contributed by atoms with Crippen LogP contribution in [0.4, 0.5) is 0 Å². The lowest BCUT2D eigenvalue weighted by molar-refractivity contribution is -0.121. The normalized spacial score (nSPS) is 10.6. The number of rotatable bonds is 9. The smallest absolute Gasteiger partial charge is 0.220 e. The second-order valence-corrected chi connectivity index (χ2v) is 6.99. The van der Waals surface area contributed by atoms with Crippen LogP contribution in [0, 0.1) is 13.8 Å². The summed E-state index contributed by atoms with van der Waals surface area (Å²) in [6.45, 7) is 7.43. The standard InChI is InChI=1S/C19H26N2O2S/c1-4-10-23-18-9-8-16(14(2)11-18)12-20-19(22)7-5-6-17-13-24-15(3)21-17/h8-9,11,13H,4-7,10,12H2,1-3H3,(H,20,22). The Balaban J connectivity index is 1.72. The van der Waals surface area contributed by atoms with Crippen molar-refractivity contribution >= 4 is 17.2 Å².